The number of hydrogen-bond acceptors (Lipinski definition) is 6. The Bertz CT molecular complexity index is 523. The molecule has 1 aromatic rings. The van der Waals surface area contributed by atoms with E-state index in [1.165, 1.54) is 33.5 Å². The molecule has 1 atom stereocenters. The summed E-state index contributed by atoms with van der Waals surface area (Å²) in [5.74, 6) is -0.344. The van der Waals surface area contributed by atoms with Gasteiger partial charge in [-0.15, -0.1) is 0 Å². The van der Waals surface area contributed by atoms with E-state index in [1.54, 1.807) is 0 Å². The summed E-state index contributed by atoms with van der Waals surface area (Å²) < 4.78 is 15.5. The van der Waals surface area contributed by atoms with Gasteiger partial charge in [-0.05, 0) is 24.3 Å². The summed E-state index contributed by atoms with van der Waals surface area (Å²) >= 11 is 3.98. The zero-order valence-corrected chi connectivity index (χ0v) is 13.5. The first-order valence-corrected chi connectivity index (χ1v) is 7.06. The number of thiol groups is 1. The van der Waals surface area contributed by atoms with Crippen molar-refractivity contribution in [1.82, 2.24) is 5.32 Å². The Kier molecular flexibility index (Phi) is 6.84. The summed E-state index contributed by atoms with van der Waals surface area (Å²) in [6.45, 7) is 0. The minimum Gasteiger partial charge on any atom is -0.493 e. The molecule has 1 aromatic carbocycles. The molecule has 2 N–H and O–H groups in total. The van der Waals surface area contributed by atoms with Crippen LogP contribution in [0.4, 0.5) is 0 Å². The van der Waals surface area contributed by atoms with E-state index in [0.717, 1.165) is 0 Å². The van der Waals surface area contributed by atoms with Gasteiger partial charge >= 0.3 is 5.97 Å². The van der Waals surface area contributed by atoms with E-state index < -0.39 is 17.9 Å². The van der Waals surface area contributed by atoms with Crippen LogP contribution in [0, 0.1) is 0 Å². The summed E-state index contributed by atoms with van der Waals surface area (Å²) in [6.07, 6.45) is 0.217. The molecule has 0 aliphatic carbocycles. The standard InChI is InChI=1S/C14H19NO6S/c1-19-10-6-8(7-11(20-2)12(10)21-3)13(16)15-9(4-5-22)14(17)18/h6-7,9,22H,4-5H2,1-3H3,(H,15,16)(H,17,18). The van der Waals surface area contributed by atoms with Gasteiger partial charge < -0.3 is 24.6 Å². The molecule has 0 radical (unpaired) electrons. The molecular formula is C14H19NO6S. The number of hydrogen-bond donors (Lipinski definition) is 3. The van der Waals surface area contributed by atoms with Gasteiger partial charge in [0.25, 0.3) is 5.91 Å². The Hall–Kier alpha value is -2.09. The molecule has 22 heavy (non-hydrogen) atoms. The first-order valence-electron chi connectivity index (χ1n) is 6.43. The molecule has 0 fully saturated rings. The van der Waals surface area contributed by atoms with Crippen LogP contribution < -0.4 is 19.5 Å². The second-order valence-corrected chi connectivity index (χ2v) is 4.74. The number of carbonyl (C=O) groups excluding carboxylic acids is 1. The quantitative estimate of drug-likeness (QED) is 0.621. The van der Waals surface area contributed by atoms with Crippen LogP contribution in [0.25, 0.3) is 0 Å². The van der Waals surface area contributed by atoms with Crippen molar-refractivity contribution in [3.8, 4) is 17.2 Å². The number of rotatable bonds is 8. The van der Waals surface area contributed by atoms with Crippen molar-refractivity contribution in [2.75, 3.05) is 27.1 Å². The maximum Gasteiger partial charge on any atom is 0.326 e. The fourth-order valence-corrected chi connectivity index (χ4v) is 2.10. The van der Waals surface area contributed by atoms with E-state index >= 15 is 0 Å². The van der Waals surface area contributed by atoms with Gasteiger partial charge in [-0.3, -0.25) is 4.79 Å². The minimum absolute atomic E-state index is 0.208. The van der Waals surface area contributed by atoms with Gasteiger partial charge in [0.1, 0.15) is 6.04 Å². The highest BCUT2D eigenvalue weighted by molar-refractivity contribution is 7.80. The summed E-state index contributed by atoms with van der Waals surface area (Å²) in [7, 11) is 4.31. The lowest BCUT2D eigenvalue weighted by Gasteiger charge is -2.16. The number of ether oxygens (including phenoxy) is 3. The number of carbonyl (C=O) groups is 2. The van der Waals surface area contributed by atoms with E-state index in [0.29, 0.717) is 23.0 Å². The van der Waals surface area contributed by atoms with Gasteiger partial charge in [0, 0.05) is 5.56 Å². The molecule has 7 nitrogen and oxygen atoms in total. The first-order chi connectivity index (χ1) is 10.5. The highest BCUT2D eigenvalue weighted by Gasteiger charge is 2.22. The van der Waals surface area contributed by atoms with E-state index in [-0.39, 0.29) is 12.0 Å². The highest BCUT2D eigenvalue weighted by Crippen LogP contribution is 2.38. The number of aliphatic carboxylic acids is 1. The summed E-state index contributed by atoms with van der Waals surface area (Å²) in [5, 5.41) is 11.5. The Morgan fingerprint density at radius 2 is 1.73 bits per heavy atom. The topological polar surface area (TPSA) is 94.1 Å². The third kappa shape index (κ3) is 4.20. The molecule has 0 saturated heterocycles. The van der Waals surface area contributed by atoms with Crippen LogP contribution in [-0.4, -0.2) is 50.1 Å². The monoisotopic (exact) mass is 329 g/mol. The van der Waals surface area contributed by atoms with Crippen LogP contribution in [0.5, 0.6) is 17.2 Å². The lowest BCUT2D eigenvalue weighted by Crippen LogP contribution is -2.41. The number of methoxy groups -OCH3 is 3. The lowest BCUT2D eigenvalue weighted by molar-refractivity contribution is -0.139. The average molecular weight is 329 g/mol. The zero-order chi connectivity index (χ0) is 16.7. The third-order valence-corrected chi connectivity index (χ3v) is 3.21. The first kappa shape index (κ1) is 18.0. The number of carboxylic acids is 1. The van der Waals surface area contributed by atoms with Crippen LogP contribution in [0.3, 0.4) is 0 Å². The van der Waals surface area contributed by atoms with Crippen LogP contribution in [0.15, 0.2) is 12.1 Å². The van der Waals surface area contributed by atoms with E-state index in [4.69, 9.17) is 19.3 Å². The van der Waals surface area contributed by atoms with Gasteiger partial charge in [0.15, 0.2) is 11.5 Å². The molecule has 0 aliphatic heterocycles. The maximum absolute atomic E-state index is 12.2. The Balaban J connectivity index is 3.09. The molecule has 1 unspecified atom stereocenters. The molecule has 1 rings (SSSR count). The van der Waals surface area contributed by atoms with E-state index in [1.807, 2.05) is 0 Å². The van der Waals surface area contributed by atoms with Crippen molar-refractivity contribution >= 4 is 24.5 Å². The van der Waals surface area contributed by atoms with Crippen molar-refractivity contribution in [1.29, 1.82) is 0 Å². The zero-order valence-electron chi connectivity index (χ0n) is 12.6. The van der Waals surface area contributed by atoms with Crippen molar-refractivity contribution in [3.63, 3.8) is 0 Å². The van der Waals surface area contributed by atoms with Crippen molar-refractivity contribution in [3.05, 3.63) is 17.7 Å². The molecular weight excluding hydrogens is 310 g/mol. The minimum atomic E-state index is -1.12. The van der Waals surface area contributed by atoms with Gasteiger partial charge in [-0.2, -0.15) is 12.6 Å². The fourth-order valence-electron chi connectivity index (χ4n) is 1.84. The molecule has 0 aliphatic rings. The normalized spacial score (nSPS) is 11.5. The lowest BCUT2D eigenvalue weighted by atomic mass is 10.1. The summed E-state index contributed by atoms with van der Waals surface area (Å²) in [4.78, 5) is 23.3. The van der Waals surface area contributed by atoms with Crippen molar-refractivity contribution in [2.45, 2.75) is 12.5 Å². The second-order valence-electron chi connectivity index (χ2n) is 4.29. The Morgan fingerprint density at radius 3 is 2.09 bits per heavy atom. The molecule has 0 heterocycles. The van der Waals surface area contributed by atoms with Gasteiger partial charge in [-0.25, -0.2) is 4.79 Å². The van der Waals surface area contributed by atoms with E-state index in [9.17, 15) is 9.59 Å². The highest BCUT2D eigenvalue weighted by atomic mass is 32.1. The molecule has 122 valence electrons. The molecule has 8 heteroatoms. The van der Waals surface area contributed by atoms with Crippen LogP contribution in [0.1, 0.15) is 16.8 Å². The van der Waals surface area contributed by atoms with Crippen LogP contribution >= 0.6 is 12.6 Å². The van der Waals surface area contributed by atoms with Crippen molar-refractivity contribution in [2.24, 2.45) is 0 Å². The second kappa shape index (κ2) is 8.38. The molecule has 0 aromatic heterocycles. The van der Waals surface area contributed by atoms with E-state index in [2.05, 4.69) is 17.9 Å². The number of carboxylic acid groups (broad SMARTS) is 1. The Morgan fingerprint density at radius 1 is 1.18 bits per heavy atom. The fraction of sp³-hybridized carbons (Fsp3) is 0.429. The van der Waals surface area contributed by atoms with Crippen LogP contribution in [0.2, 0.25) is 0 Å². The predicted octanol–water partition coefficient (Wildman–Crippen LogP) is 1.22. The molecule has 0 saturated carbocycles. The molecule has 0 bridgehead atoms. The van der Waals surface area contributed by atoms with Crippen molar-refractivity contribution < 1.29 is 28.9 Å². The largest absolute Gasteiger partial charge is 0.493 e. The van der Waals surface area contributed by atoms with Crippen LogP contribution in [-0.2, 0) is 4.79 Å². The summed E-state index contributed by atoms with van der Waals surface area (Å²) in [5.41, 5.74) is 0.208. The van der Waals surface area contributed by atoms with Gasteiger partial charge in [-0.1, -0.05) is 0 Å². The van der Waals surface area contributed by atoms with Gasteiger partial charge in [0.2, 0.25) is 5.75 Å². The molecule has 1 amide bonds. The smallest absolute Gasteiger partial charge is 0.326 e. The van der Waals surface area contributed by atoms with Gasteiger partial charge in [0.05, 0.1) is 21.3 Å². The molecule has 0 spiro atoms. The number of nitrogens with one attached hydrogen (secondary N) is 1. The predicted molar refractivity (Wildman–Crippen MR) is 83.5 cm³/mol. The SMILES string of the molecule is COc1cc(C(=O)NC(CCS)C(=O)O)cc(OC)c1OC. The number of amides is 1. The Labute approximate surface area is 134 Å². The third-order valence-electron chi connectivity index (χ3n) is 2.95. The number of benzene rings is 1. The summed E-state index contributed by atoms with van der Waals surface area (Å²) in [6, 6.07) is 1.90. The maximum atomic E-state index is 12.2. The average Bonchev–Trinajstić information content (AvgIpc) is 2.52.